The number of aliphatic hydroxyl groups is 1. The molecule has 0 aliphatic rings. The topological polar surface area (TPSA) is 94.8 Å². The van der Waals surface area contributed by atoms with Crippen LogP contribution < -0.4 is 0 Å². The van der Waals surface area contributed by atoms with Crippen LogP contribution in [0.1, 0.15) is 7.85 Å². The predicted octanol–water partition coefficient (Wildman–Crippen LogP) is -1.36. The second-order valence-electron chi connectivity index (χ2n) is 1.45. The summed E-state index contributed by atoms with van der Waals surface area (Å²) in [4.78, 5) is 19.4. The molecule has 3 N–H and O–H groups in total. The Morgan fingerprint density at radius 3 is 1.90 bits per heavy atom. The summed E-state index contributed by atoms with van der Waals surface area (Å²) >= 11 is 0. The number of aliphatic carboxylic acids is 2. The third-order valence-electron chi connectivity index (χ3n) is 0.653. The van der Waals surface area contributed by atoms with Gasteiger partial charge in [0.15, 0.2) is 6.10 Å². The van der Waals surface area contributed by atoms with Crippen LogP contribution in [0.15, 0.2) is 0 Å². The first-order valence-electron chi connectivity index (χ1n) is 2.16. The van der Waals surface area contributed by atoms with Crippen molar-refractivity contribution in [1.82, 2.24) is 0 Å². The fourth-order valence-electron chi connectivity index (χ4n) is 0.253. The third-order valence-corrected chi connectivity index (χ3v) is 0.653. The zero-order valence-electron chi connectivity index (χ0n) is 6.15. The minimum Gasteiger partial charge on any atom is -0.481 e. The van der Waals surface area contributed by atoms with Crippen molar-refractivity contribution in [2.24, 2.45) is 0 Å². The fraction of sp³-hybridized carbons (Fsp3) is 0.500. The van der Waals surface area contributed by atoms with Gasteiger partial charge >= 0.3 is 51.1 Å². The van der Waals surface area contributed by atoms with Crippen LogP contribution >= 0.6 is 0 Å². The minimum atomic E-state index is -1.79. The molecule has 0 radical (unpaired) electrons. The van der Waals surface area contributed by atoms with Gasteiger partial charge in [0.2, 0.25) is 0 Å². The molecule has 1 atom stereocenters. The van der Waals surface area contributed by atoms with Gasteiger partial charge in [-0.15, -0.1) is 0 Å². The van der Waals surface area contributed by atoms with E-state index in [1.807, 2.05) is 0 Å². The minimum absolute atomic E-state index is 0. The van der Waals surface area contributed by atoms with Gasteiger partial charge in [0.25, 0.3) is 0 Å². The second kappa shape index (κ2) is 5.91. The average Bonchev–Trinajstić information content (AvgIpc) is 1.63. The number of carbonyl (C=O) groups is 2. The Morgan fingerprint density at radius 1 is 1.40 bits per heavy atom. The Morgan fingerprint density at radius 2 is 1.80 bits per heavy atom. The second-order valence-corrected chi connectivity index (χ2v) is 1.45. The number of rotatable bonds is 3. The van der Waals surface area contributed by atoms with Gasteiger partial charge in [0.1, 0.15) is 0 Å². The van der Waals surface area contributed by atoms with Gasteiger partial charge in [0, 0.05) is 0 Å². The van der Waals surface area contributed by atoms with Crippen LogP contribution in [-0.4, -0.2) is 71.1 Å². The molecule has 0 bridgehead atoms. The van der Waals surface area contributed by atoms with E-state index in [0.29, 0.717) is 0 Å². The molecule has 0 spiro atoms. The third kappa shape index (κ3) is 6.28. The van der Waals surface area contributed by atoms with Crippen molar-refractivity contribution in [3.63, 3.8) is 0 Å². The Labute approximate surface area is 88.1 Å². The summed E-state index contributed by atoms with van der Waals surface area (Å²) in [5.74, 6) is -2.85. The molecular formula is C4H7CaO5+3. The van der Waals surface area contributed by atoms with E-state index in [1.165, 1.54) is 0 Å². The number of carboxylic acids is 2. The van der Waals surface area contributed by atoms with Gasteiger partial charge in [-0.25, -0.2) is 4.79 Å². The summed E-state index contributed by atoms with van der Waals surface area (Å²) in [5, 5.41) is 24.1. The predicted molar refractivity (Wildman–Crippen MR) is 32.8 cm³/mol. The van der Waals surface area contributed by atoms with Crippen molar-refractivity contribution in [2.75, 3.05) is 0 Å². The normalized spacial score (nSPS) is 11.3. The maximum Gasteiger partial charge on any atom is 2.00 e. The average molecular weight is 175 g/mol. The monoisotopic (exact) mass is 175 g/mol. The molecule has 10 heavy (non-hydrogen) atoms. The first-order chi connectivity index (χ1) is 4.04. The van der Waals surface area contributed by atoms with Gasteiger partial charge in [-0.05, 0) is 0 Å². The summed E-state index contributed by atoms with van der Waals surface area (Å²) in [6.45, 7) is 0. The maximum atomic E-state index is 9.72. The van der Waals surface area contributed by atoms with E-state index < -0.39 is 24.5 Å². The molecule has 0 amide bonds. The summed E-state index contributed by atoms with van der Waals surface area (Å²) < 4.78 is 0. The molecule has 52 valence electrons. The molecule has 6 heteroatoms. The van der Waals surface area contributed by atoms with Gasteiger partial charge in [-0.1, -0.05) is 0 Å². The number of carboxylic acid groups (broad SMARTS) is 2. The zero-order valence-corrected chi connectivity index (χ0v) is 7.36. The van der Waals surface area contributed by atoms with Crippen molar-refractivity contribution in [1.29, 1.82) is 0 Å². The van der Waals surface area contributed by atoms with Gasteiger partial charge in [0.05, 0.1) is 6.42 Å². The standard InChI is InChI=1S/C4H6O5.Ca/c5-2(4(8)9)1-3(6)7;/h2,5H,1H2,(H,6,7)(H,8,9);/q;+2/p+1. The van der Waals surface area contributed by atoms with Crippen LogP contribution in [0.25, 0.3) is 0 Å². The number of hydrogen-bond donors (Lipinski definition) is 3. The van der Waals surface area contributed by atoms with Crippen LogP contribution in [0, 0.1) is 0 Å². The maximum absolute atomic E-state index is 9.72. The summed E-state index contributed by atoms with van der Waals surface area (Å²) in [6.07, 6.45) is -2.54. The summed E-state index contributed by atoms with van der Waals surface area (Å²) in [5.41, 5.74) is 0. The van der Waals surface area contributed by atoms with Gasteiger partial charge in [-0.3, -0.25) is 4.79 Å². The molecule has 0 aromatic carbocycles. The molecule has 0 aromatic rings. The molecule has 0 fully saturated rings. The first kappa shape index (κ1) is 12.8. The molecule has 0 saturated carbocycles. The molecular weight excluding hydrogens is 168 g/mol. The first-order valence-corrected chi connectivity index (χ1v) is 2.16. The van der Waals surface area contributed by atoms with E-state index in [0.717, 1.165) is 0 Å². The number of aliphatic hydroxyl groups excluding tert-OH is 1. The molecule has 0 aliphatic heterocycles. The van der Waals surface area contributed by atoms with Crippen LogP contribution in [0.5, 0.6) is 0 Å². The molecule has 1 unspecified atom stereocenters. The Hall–Kier alpha value is 0.160. The molecule has 0 heterocycles. The van der Waals surface area contributed by atoms with Crippen molar-refractivity contribution in [3.05, 3.63) is 0 Å². The fourth-order valence-corrected chi connectivity index (χ4v) is 0.253. The van der Waals surface area contributed by atoms with Gasteiger partial charge < -0.3 is 15.3 Å². The van der Waals surface area contributed by atoms with E-state index in [1.54, 1.807) is 0 Å². The van der Waals surface area contributed by atoms with E-state index in [4.69, 9.17) is 15.3 Å². The summed E-state index contributed by atoms with van der Waals surface area (Å²) in [7, 11) is 0. The van der Waals surface area contributed by atoms with E-state index in [2.05, 4.69) is 0 Å². The molecule has 5 nitrogen and oxygen atoms in total. The number of hydrogen-bond acceptors (Lipinski definition) is 3. The Bertz CT molecular complexity index is 138. The quantitative estimate of drug-likeness (QED) is 0.460. The van der Waals surface area contributed by atoms with Crippen molar-refractivity contribution in [3.8, 4) is 0 Å². The molecule has 0 aliphatic carbocycles. The van der Waals surface area contributed by atoms with E-state index in [-0.39, 0.29) is 39.2 Å². The Balaban J connectivity index is -0.000000320. The van der Waals surface area contributed by atoms with Crippen LogP contribution in [0.4, 0.5) is 0 Å². The van der Waals surface area contributed by atoms with E-state index in [9.17, 15) is 9.59 Å². The zero-order chi connectivity index (χ0) is 7.44. The Kier molecular flexibility index (Phi) is 7.56. The SMILES string of the molecule is O=C(O)CC(O)C(=O)O.[Ca+2].[H+]. The van der Waals surface area contributed by atoms with Crippen molar-refractivity contribution < 1.29 is 26.3 Å². The smallest absolute Gasteiger partial charge is 0.481 e. The van der Waals surface area contributed by atoms with Gasteiger partial charge in [-0.2, -0.15) is 0 Å². The van der Waals surface area contributed by atoms with Crippen LogP contribution in [0.3, 0.4) is 0 Å². The molecule has 0 rings (SSSR count). The molecule has 0 aromatic heterocycles. The van der Waals surface area contributed by atoms with Crippen molar-refractivity contribution >= 4 is 49.7 Å². The van der Waals surface area contributed by atoms with Crippen LogP contribution in [-0.2, 0) is 9.59 Å². The van der Waals surface area contributed by atoms with Crippen molar-refractivity contribution in [2.45, 2.75) is 12.5 Å². The molecule has 0 saturated heterocycles. The largest absolute Gasteiger partial charge is 2.00 e. The van der Waals surface area contributed by atoms with E-state index >= 15 is 0 Å². The summed E-state index contributed by atoms with van der Waals surface area (Å²) in [6, 6.07) is 0. The van der Waals surface area contributed by atoms with Crippen LogP contribution in [0.2, 0.25) is 0 Å².